The molecule has 2 rings (SSSR count). The lowest BCUT2D eigenvalue weighted by Crippen LogP contribution is -2.49. The van der Waals surface area contributed by atoms with Crippen LogP contribution in [0.2, 0.25) is 0 Å². The first kappa shape index (κ1) is 23.6. The molecule has 0 atom stereocenters. The maximum absolute atomic E-state index is 12.5. The molecule has 1 saturated heterocycles. The number of carbonyl (C=O) groups excluding carboxylic acids is 2. The summed E-state index contributed by atoms with van der Waals surface area (Å²) in [6, 6.07) is 9.12. The first-order valence-electron chi connectivity index (χ1n) is 9.07. The Hall–Kier alpha value is -2.72. The van der Waals surface area contributed by atoms with Gasteiger partial charge in [-0.25, -0.2) is 4.79 Å². The van der Waals surface area contributed by atoms with Crippen molar-refractivity contribution in [1.82, 2.24) is 10.2 Å². The molecule has 5 nitrogen and oxygen atoms in total. The van der Waals surface area contributed by atoms with Crippen LogP contribution in [0.3, 0.4) is 0 Å². The lowest BCUT2D eigenvalue weighted by molar-refractivity contribution is -0.308. The summed E-state index contributed by atoms with van der Waals surface area (Å²) in [6.07, 6.45) is -13.7. The van der Waals surface area contributed by atoms with Gasteiger partial charge in [0.2, 0.25) is 5.91 Å². The average molecular weight is 438 g/mol. The van der Waals surface area contributed by atoms with Crippen LogP contribution in [0.1, 0.15) is 18.4 Å². The molecule has 1 N–H and O–H groups in total. The monoisotopic (exact) mass is 438 g/mol. The zero-order chi connectivity index (χ0) is 22.4. The number of hydrogen-bond donors (Lipinski definition) is 1. The summed E-state index contributed by atoms with van der Waals surface area (Å²) < 4.78 is 78.6. The third kappa shape index (κ3) is 7.27. The third-order valence-corrected chi connectivity index (χ3v) is 4.48. The van der Waals surface area contributed by atoms with Crippen LogP contribution in [0, 0.1) is 5.92 Å². The van der Waals surface area contributed by atoms with Crippen molar-refractivity contribution in [2.45, 2.75) is 31.3 Å². The van der Waals surface area contributed by atoms with Crippen LogP contribution in [0.4, 0.5) is 31.1 Å². The molecule has 1 fully saturated rings. The first-order valence-corrected chi connectivity index (χ1v) is 9.07. The van der Waals surface area contributed by atoms with Crippen LogP contribution in [0.25, 0.3) is 6.08 Å². The molecule has 0 spiro atoms. The standard InChI is InChI=1S/C19H20F6N2O3/c20-18(21,22)16(19(23,24)25)30-17(29)27-10-8-14(9-11-27)12-26-15(28)7-6-13-4-2-1-3-5-13/h1-7,14,16H,8-12H2,(H,26,28)/b7-6+. The molecule has 0 radical (unpaired) electrons. The van der Waals surface area contributed by atoms with Gasteiger partial charge in [0, 0.05) is 25.7 Å². The minimum absolute atomic E-state index is 0.0656. The van der Waals surface area contributed by atoms with Gasteiger partial charge in [-0.15, -0.1) is 0 Å². The van der Waals surface area contributed by atoms with E-state index in [-0.39, 0.29) is 31.5 Å². The molecule has 0 aromatic heterocycles. The molecule has 30 heavy (non-hydrogen) atoms. The minimum atomic E-state index is -5.75. The normalized spacial score (nSPS) is 16.2. The van der Waals surface area contributed by atoms with Crippen molar-refractivity contribution >= 4 is 18.1 Å². The van der Waals surface area contributed by atoms with E-state index in [1.807, 2.05) is 30.3 Å². The molecular weight excluding hydrogens is 418 g/mol. The molecule has 0 bridgehead atoms. The summed E-state index contributed by atoms with van der Waals surface area (Å²) in [5, 5.41) is 2.68. The molecular formula is C19H20F6N2O3. The Labute approximate surface area is 168 Å². The van der Waals surface area contributed by atoms with Crippen LogP contribution in [0.5, 0.6) is 0 Å². The highest BCUT2D eigenvalue weighted by Crippen LogP contribution is 2.36. The summed E-state index contributed by atoms with van der Waals surface area (Å²) in [5.74, 6) is -0.400. The second-order valence-electron chi connectivity index (χ2n) is 6.77. The van der Waals surface area contributed by atoms with E-state index >= 15 is 0 Å². The summed E-state index contributed by atoms with van der Waals surface area (Å²) in [6.45, 7) is 0.137. The van der Waals surface area contributed by atoms with Gasteiger partial charge in [-0.1, -0.05) is 30.3 Å². The van der Waals surface area contributed by atoms with Crippen LogP contribution >= 0.6 is 0 Å². The van der Waals surface area contributed by atoms with Gasteiger partial charge in [0.1, 0.15) is 0 Å². The van der Waals surface area contributed by atoms with Crippen molar-refractivity contribution < 1.29 is 40.7 Å². The molecule has 1 aliphatic heterocycles. The fourth-order valence-corrected chi connectivity index (χ4v) is 2.85. The summed E-state index contributed by atoms with van der Waals surface area (Å²) >= 11 is 0. The number of nitrogens with one attached hydrogen (secondary N) is 1. The number of piperidine rings is 1. The summed E-state index contributed by atoms with van der Waals surface area (Å²) in [7, 11) is 0. The molecule has 2 amide bonds. The van der Waals surface area contributed by atoms with Gasteiger partial charge < -0.3 is 15.0 Å². The van der Waals surface area contributed by atoms with Gasteiger partial charge >= 0.3 is 18.4 Å². The third-order valence-electron chi connectivity index (χ3n) is 4.48. The van der Waals surface area contributed by atoms with E-state index in [1.165, 1.54) is 6.08 Å². The van der Waals surface area contributed by atoms with E-state index in [4.69, 9.17) is 0 Å². The highest BCUT2D eigenvalue weighted by molar-refractivity contribution is 5.91. The van der Waals surface area contributed by atoms with Crippen LogP contribution in [0.15, 0.2) is 36.4 Å². The van der Waals surface area contributed by atoms with Crippen molar-refractivity contribution in [3.63, 3.8) is 0 Å². The zero-order valence-electron chi connectivity index (χ0n) is 15.7. The van der Waals surface area contributed by atoms with Gasteiger partial charge in [-0.3, -0.25) is 4.79 Å². The number of likely N-dealkylation sites (tertiary alicyclic amines) is 1. The maximum Gasteiger partial charge on any atom is 0.434 e. The maximum atomic E-state index is 12.5. The Kier molecular flexibility index (Phi) is 7.74. The summed E-state index contributed by atoms with van der Waals surface area (Å²) in [4.78, 5) is 24.4. The number of benzene rings is 1. The largest absolute Gasteiger partial charge is 0.434 e. The molecule has 1 aromatic rings. The van der Waals surface area contributed by atoms with Gasteiger partial charge in [-0.05, 0) is 30.4 Å². The first-order chi connectivity index (χ1) is 14.0. The highest BCUT2D eigenvalue weighted by Gasteiger charge is 2.60. The quantitative estimate of drug-likeness (QED) is 0.555. The van der Waals surface area contributed by atoms with E-state index < -0.39 is 24.5 Å². The second-order valence-corrected chi connectivity index (χ2v) is 6.77. The number of rotatable bonds is 5. The fraction of sp³-hybridized carbons (Fsp3) is 0.474. The number of amides is 2. The number of ether oxygens (including phenoxy) is 1. The molecule has 1 heterocycles. The lowest BCUT2D eigenvalue weighted by Gasteiger charge is -2.33. The smallest absolute Gasteiger partial charge is 0.426 e. The second kappa shape index (κ2) is 9.86. The number of carbonyl (C=O) groups is 2. The van der Waals surface area contributed by atoms with Gasteiger partial charge in [-0.2, -0.15) is 26.3 Å². The van der Waals surface area contributed by atoms with Gasteiger partial charge in [0.25, 0.3) is 6.10 Å². The topological polar surface area (TPSA) is 58.6 Å². The number of halogens is 6. The number of hydrogen-bond acceptors (Lipinski definition) is 3. The Balaban J connectivity index is 1.77. The molecule has 166 valence electrons. The Bertz CT molecular complexity index is 727. The van der Waals surface area contributed by atoms with Gasteiger partial charge in [0.15, 0.2) is 0 Å². The molecule has 0 saturated carbocycles. The molecule has 11 heteroatoms. The minimum Gasteiger partial charge on any atom is -0.426 e. The highest BCUT2D eigenvalue weighted by atomic mass is 19.4. The van der Waals surface area contributed by atoms with Crippen molar-refractivity contribution in [2.24, 2.45) is 5.92 Å². The van der Waals surface area contributed by atoms with Crippen LogP contribution in [-0.2, 0) is 9.53 Å². The molecule has 0 unspecified atom stereocenters. The predicted octanol–water partition coefficient (Wildman–Crippen LogP) is 4.16. The van der Waals surface area contributed by atoms with Crippen LogP contribution < -0.4 is 5.32 Å². The molecule has 1 aliphatic rings. The average Bonchev–Trinajstić information content (AvgIpc) is 2.68. The van der Waals surface area contributed by atoms with E-state index in [0.717, 1.165) is 10.5 Å². The molecule has 1 aromatic carbocycles. The van der Waals surface area contributed by atoms with Crippen LogP contribution in [-0.4, -0.2) is 55.0 Å². The SMILES string of the molecule is O=C(/C=C/c1ccccc1)NCC1CCN(C(=O)OC(C(F)(F)F)C(F)(F)F)CC1. The van der Waals surface area contributed by atoms with E-state index in [2.05, 4.69) is 10.1 Å². The predicted molar refractivity (Wildman–Crippen MR) is 95.2 cm³/mol. The summed E-state index contributed by atoms with van der Waals surface area (Å²) in [5.41, 5.74) is 0.843. The fourth-order valence-electron chi connectivity index (χ4n) is 2.85. The number of alkyl halides is 6. The number of nitrogens with zero attached hydrogens (tertiary/aromatic N) is 1. The molecule has 0 aliphatic carbocycles. The van der Waals surface area contributed by atoms with Crippen molar-refractivity contribution in [2.75, 3.05) is 19.6 Å². The zero-order valence-corrected chi connectivity index (χ0v) is 15.7. The lowest BCUT2D eigenvalue weighted by atomic mass is 9.97. The Morgan fingerprint density at radius 2 is 1.63 bits per heavy atom. The van der Waals surface area contributed by atoms with Crippen molar-refractivity contribution in [1.29, 1.82) is 0 Å². The van der Waals surface area contributed by atoms with Gasteiger partial charge in [0.05, 0.1) is 0 Å². The van der Waals surface area contributed by atoms with E-state index in [1.54, 1.807) is 6.08 Å². The van der Waals surface area contributed by atoms with Crippen molar-refractivity contribution in [3.05, 3.63) is 42.0 Å². The Morgan fingerprint density at radius 1 is 1.07 bits per heavy atom. The van der Waals surface area contributed by atoms with E-state index in [9.17, 15) is 35.9 Å². The van der Waals surface area contributed by atoms with E-state index in [0.29, 0.717) is 12.8 Å². The Morgan fingerprint density at radius 3 is 2.17 bits per heavy atom. The van der Waals surface area contributed by atoms with Crippen molar-refractivity contribution in [3.8, 4) is 0 Å².